The fraction of sp³-hybridized carbons (Fsp3) is 0.182. The van der Waals surface area contributed by atoms with Gasteiger partial charge in [0, 0.05) is 18.8 Å². The van der Waals surface area contributed by atoms with Crippen molar-refractivity contribution in [1.82, 2.24) is 9.78 Å². The van der Waals surface area contributed by atoms with Crippen molar-refractivity contribution in [2.75, 3.05) is 5.73 Å². The standard InChI is InChI=1S/C11H13N3O/c1-14-7-9(6-13-14)8-15-11-5-3-2-4-10(11)12/h2-7H,8,12H2,1H3. The second-order valence-electron chi connectivity index (χ2n) is 3.35. The number of nitrogens with two attached hydrogens (primary N) is 1. The van der Waals surface area contributed by atoms with E-state index in [0.29, 0.717) is 18.0 Å². The average Bonchev–Trinajstić information content (AvgIpc) is 2.63. The van der Waals surface area contributed by atoms with Crippen molar-refractivity contribution in [3.63, 3.8) is 0 Å². The highest BCUT2D eigenvalue weighted by Gasteiger charge is 2.00. The summed E-state index contributed by atoms with van der Waals surface area (Å²) in [5, 5.41) is 4.06. The Kier molecular flexibility index (Phi) is 2.58. The third-order valence-corrected chi connectivity index (χ3v) is 2.07. The van der Waals surface area contributed by atoms with Crippen LogP contribution in [0.2, 0.25) is 0 Å². The number of hydrogen-bond acceptors (Lipinski definition) is 3. The molecule has 0 unspecified atom stereocenters. The summed E-state index contributed by atoms with van der Waals surface area (Å²) in [5.74, 6) is 0.710. The van der Waals surface area contributed by atoms with Gasteiger partial charge < -0.3 is 10.5 Å². The van der Waals surface area contributed by atoms with E-state index in [1.807, 2.05) is 37.5 Å². The maximum Gasteiger partial charge on any atom is 0.142 e. The van der Waals surface area contributed by atoms with Gasteiger partial charge in [0.1, 0.15) is 12.4 Å². The molecule has 4 heteroatoms. The van der Waals surface area contributed by atoms with Crippen LogP contribution in [0.5, 0.6) is 5.75 Å². The first-order valence-corrected chi connectivity index (χ1v) is 4.70. The number of para-hydroxylation sites is 2. The molecule has 0 aliphatic heterocycles. The van der Waals surface area contributed by atoms with Crippen LogP contribution in [0.25, 0.3) is 0 Å². The second-order valence-corrected chi connectivity index (χ2v) is 3.35. The van der Waals surface area contributed by atoms with Gasteiger partial charge in [-0.25, -0.2) is 0 Å². The molecule has 0 aliphatic carbocycles. The highest BCUT2D eigenvalue weighted by atomic mass is 16.5. The highest BCUT2D eigenvalue weighted by molar-refractivity contribution is 5.51. The molecule has 1 heterocycles. The predicted molar refractivity (Wildman–Crippen MR) is 58.4 cm³/mol. The summed E-state index contributed by atoms with van der Waals surface area (Å²) >= 11 is 0. The van der Waals surface area contributed by atoms with Crippen LogP contribution < -0.4 is 10.5 Å². The number of aryl methyl sites for hydroxylation is 1. The summed E-state index contributed by atoms with van der Waals surface area (Å²) in [6.45, 7) is 0.488. The Hall–Kier alpha value is -1.97. The Morgan fingerprint density at radius 1 is 1.40 bits per heavy atom. The van der Waals surface area contributed by atoms with Gasteiger partial charge in [-0.1, -0.05) is 12.1 Å². The van der Waals surface area contributed by atoms with Gasteiger partial charge in [-0.05, 0) is 12.1 Å². The first kappa shape index (κ1) is 9.58. The molecule has 0 radical (unpaired) electrons. The van der Waals surface area contributed by atoms with E-state index in [0.717, 1.165) is 5.56 Å². The fourth-order valence-corrected chi connectivity index (χ4v) is 1.32. The summed E-state index contributed by atoms with van der Waals surface area (Å²) in [6, 6.07) is 7.45. The monoisotopic (exact) mass is 203 g/mol. The number of aromatic nitrogens is 2. The molecule has 0 atom stereocenters. The molecule has 15 heavy (non-hydrogen) atoms. The fourth-order valence-electron chi connectivity index (χ4n) is 1.32. The summed E-state index contributed by atoms with van der Waals surface area (Å²) in [4.78, 5) is 0. The van der Waals surface area contributed by atoms with E-state index < -0.39 is 0 Å². The molecule has 0 fully saturated rings. The second kappa shape index (κ2) is 4.04. The lowest BCUT2D eigenvalue weighted by Gasteiger charge is -2.06. The molecular weight excluding hydrogens is 190 g/mol. The maximum absolute atomic E-state index is 5.74. The number of ether oxygens (including phenoxy) is 1. The van der Waals surface area contributed by atoms with Gasteiger partial charge in [-0.3, -0.25) is 4.68 Å². The number of anilines is 1. The van der Waals surface area contributed by atoms with Gasteiger partial charge in [0.05, 0.1) is 11.9 Å². The minimum absolute atomic E-state index is 0.488. The molecule has 0 amide bonds. The van der Waals surface area contributed by atoms with E-state index in [4.69, 9.17) is 10.5 Å². The summed E-state index contributed by atoms with van der Waals surface area (Å²) in [5.41, 5.74) is 7.43. The van der Waals surface area contributed by atoms with Gasteiger partial charge in [-0.15, -0.1) is 0 Å². The molecule has 4 nitrogen and oxygen atoms in total. The zero-order valence-corrected chi connectivity index (χ0v) is 8.55. The first-order valence-electron chi connectivity index (χ1n) is 4.70. The van der Waals surface area contributed by atoms with E-state index in [1.54, 1.807) is 10.9 Å². The zero-order chi connectivity index (χ0) is 10.7. The SMILES string of the molecule is Cn1cc(COc2ccccc2N)cn1. The molecule has 0 saturated heterocycles. The van der Waals surface area contributed by atoms with Crippen molar-refractivity contribution in [3.05, 3.63) is 42.2 Å². The van der Waals surface area contributed by atoms with Crippen LogP contribution in [0.3, 0.4) is 0 Å². The summed E-state index contributed by atoms with van der Waals surface area (Å²) in [7, 11) is 1.88. The van der Waals surface area contributed by atoms with E-state index in [-0.39, 0.29) is 0 Å². The molecule has 1 aromatic carbocycles. The molecule has 0 spiro atoms. The molecule has 0 aliphatic rings. The third-order valence-electron chi connectivity index (χ3n) is 2.07. The highest BCUT2D eigenvalue weighted by Crippen LogP contribution is 2.20. The lowest BCUT2D eigenvalue weighted by molar-refractivity contribution is 0.308. The Morgan fingerprint density at radius 3 is 2.87 bits per heavy atom. The van der Waals surface area contributed by atoms with Crippen molar-refractivity contribution in [3.8, 4) is 5.75 Å². The Morgan fingerprint density at radius 2 is 2.20 bits per heavy atom. The molecular formula is C11H13N3O. The number of hydrogen-bond donors (Lipinski definition) is 1. The van der Waals surface area contributed by atoms with Gasteiger partial charge in [0.2, 0.25) is 0 Å². The van der Waals surface area contributed by atoms with Gasteiger partial charge >= 0.3 is 0 Å². The van der Waals surface area contributed by atoms with Crippen molar-refractivity contribution in [2.24, 2.45) is 7.05 Å². The number of rotatable bonds is 3. The minimum Gasteiger partial charge on any atom is -0.487 e. The largest absolute Gasteiger partial charge is 0.487 e. The molecule has 2 rings (SSSR count). The normalized spacial score (nSPS) is 10.2. The molecule has 2 N–H and O–H groups in total. The van der Waals surface area contributed by atoms with Crippen LogP contribution in [0.4, 0.5) is 5.69 Å². The van der Waals surface area contributed by atoms with Crippen LogP contribution >= 0.6 is 0 Å². The van der Waals surface area contributed by atoms with E-state index >= 15 is 0 Å². The predicted octanol–water partition coefficient (Wildman–Crippen LogP) is 1.58. The lowest BCUT2D eigenvalue weighted by Crippen LogP contribution is -1.97. The first-order chi connectivity index (χ1) is 7.25. The Bertz CT molecular complexity index is 451. The number of nitrogens with zero attached hydrogens (tertiary/aromatic N) is 2. The molecule has 2 aromatic rings. The Balaban J connectivity index is 2.02. The van der Waals surface area contributed by atoms with Crippen LogP contribution in [0.1, 0.15) is 5.56 Å². The van der Waals surface area contributed by atoms with E-state index in [1.165, 1.54) is 0 Å². The van der Waals surface area contributed by atoms with Crippen molar-refractivity contribution in [2.45, 2.75) is 6.61 Å². The van der Waals surface area contributed by atoms with E-state index in [2.05, 4.69) is 5.10 Å². The van der Waals surface area contributed by atoms with Gasteiger partial charge in [-0.2, -0.15) is 5.10 Å². The topological polar surface area (TPSA) is 53.1 Å². The minimum atomic E-state index is 0.488. The average molecular weight is 203 g/mol. The molecule has 1 aromatic heterocycles. The van der Waals surface area contributed by atoms with Crippen LogP contribution in [-0.4, -0.2) is 9.78 Å². The maximum atomic E-state index is 5.74. The number of benzene rings is 1. The third kappa shape index (κ3) is 2.28. The smallest absolute Gasteiger partial charge is 0.142 e. The van der Waals surface area contributed by atoms with Crippen molar-refractivity contribution >= 4 is 5.69 Å². The summed E-state index contributed by atoms with van der Waals surface area (Å²) in [6.07, 6.45) is 3.69. The zero-order valence-electron chi connectivity index (χ0n) is 8.55. The van der Waals surface area contributed by atoms with Crippen LogP contribution in [0.15, 0.2) is 36.7 Å². The molecule has 0 saturated carbocycles. The van der Waals surface area contributed by atoms with Crippen molar-refractivity contribution < 1.29 is 4.74 Å². The molecule has 0 bridgehead atoms. The van der Waals surface area contributed by atoms with E-state index in [9.17, 15) is 0 Å². The number of nitrogen functional groups attached to an aromatic ring is 1. The Labute approximate surface area is 88.3 Å². The summed E-state index contributed by atoms with van der Waals surface area (Å²) < 4.78 is 7.30. The molecule has 78 valence electrons. The lowest BCUT2D eigenvalue weighted by atomic mass is 10.3. The van der Waals surface area contributed by atoms with Crippen molar-refractivity contribution in [1.29, 1.82) is 0 Å². The quantitative estimate of drug-likeness (QED) is 0.770. The van der Waals surface area contributed by atoms with Crippen LogP contribution in [0, 0.1) is 0 Å². The van der Waals surface area contributed by atoms with Gasteiger partial charge in [0.25, 0.3) is 0 Å². The van der Waals surface area contributed by atoms with Gasteiger partial charge in [0.15, 0.2) is 0 Å². The van der Waals surface area contributed by atoms with Crippen LogP contribution in [-0.2, 0) is 13.7 Å².